The third kappa shape index (κ3) is 3.78. The molecule has 4 rings (SSSR count). The van der Waals surface area contributed by atoms with Gasteiger partial charge in [0.1, 0.15) is 11.6 Å². The first-order chi connectivity index (χ1) is 17.3. The van der Waals surface area contributed by atoms with E-state index >= 15 is 0 Å². The zero-order valence-electron chi connectivity index (χ0n) is 22.0. The smallest absolute Gasteiger partial charge is 0.250 e. The number of nitrogens with zero attached hydrogens (tertiary/aromatic N) is 2. The molecule has 2 bridgehead atoms. The van der Waals surface area contributed by atoms with Gasteiger partial charge in [0.05, 0.1) is 30.1 Å². The average molecular weight is 501 g/mol. The second kappa shape index (κ2) is 10.0. The van der Waals surface area contributed by atoms with Crippen molar-refractivity contribution in [1.29, 1.82) is 0 Å². The molecule has 3 fully saturated rings. The SMILES string of the molecule is CC[C@@H](CO)N1C(=O)[C@@H]2[C@@H](C(=O)NC)[C@@]3(CC)CCC2(O3)C1C(=O)Nc1ccc(N(CC)CC)cc1. The van der Waals surface area contributed by atoms with Crippen LogP contribution in [0.4, 0.5) is 11.4 Å². The topological polar surface area (TPSA) is 111 Å². The van der Waals surface area contributed by atoms with E-state index in [0.29, 0.717) is 31.4 Å². The van der Waals surface area contributed by atoms with E-state index in [1.54, 1.807) is 7.05 Å². The minimum Gasteiger partial charge on any atom is -0.394 e. The van der Waals surface area contributed by atoms with Crippen LogP contribution in [0.3, 0.4) is 0 Å². The lowest BCUT2D eigenvalue weighted by molar-refractivity contribution is -0.149. The summed E-state index contributed by atoms with van der Waals surface area (Å²) in [5.41, 5.74) is -0.173. The second-order valence-corrected chi connectivity index (χ2v) is 10.1. The molecule has 3 amide bonds. The third-order valence-corrected chi connectivity index (χ3v) is 8.73. The second-order valence-electron chi connectivity index (χ2n) is 10.1. The fourth-order valence-electron chi connectivity index (χ4n) is 6.87. The lowest BCUT2D eigenvalue weighted by atomic mass is 9.65. The molecule has 3 saturated heterocycles. The Bertz CT molecular complexity index is 992. The number of likely N-dealkylation sites (tertiary alicyclic amines) is 1. The molecule has 9 heteroatoms. The number of hydrogen-bond acceptors (Lipinski definition) is 6. The van der Waals surface area contributed by atoms with Crippen LogP contribution in [0.1, 0.15) is 53.4 Å². The Morgan fingerprint density at radius 2 is 1.81 bits per heavy atom. The molecule has 0 aliphatic carbocycles. The van der Waals surface area contributed by atoms with Gasteiger partial charge >= 0.3 is 0 Å². The van der Waals surface area contributed by atoms with E-state index < -0.39 is 35.1 Å². The van der Waals surface area contributed by atoms with Crippen LogP contribution in [0.5, 0.6) is 0 Å². The molecule has 0 radical (unpaired) electrons. The number of nitrogens with one attached hydrogen (secondary N) is 2. The maximum atomic E-state index is 13.9. The van der Waals surface area contributed by atoms with Gasteiger partial charge in [-0.05, 0) is 63.8 Å². The van der Waals surface area contributed by atoms with Gasteiger partial charge < -0.3 is 30.3 Å². The van der Waals surface area contributed by atoms with E-state index in [1.807, 2.05) is 38.1 Å². The lowest BCUT2D eigenvalue weighted by Gasteiger charge is -2.37. The number of hydrogen-bond donors (Lipinski definition) is 3. The minimum absolute atomic E-state index is 0.234. The van der Waals surface area contributed by atoms with Crippen LogP contribution in [-0.4, -0.2) is 77.8 Å². The van der Waals surface area contributed by atoms with Crippen LogP contribution in [0.25, 0.3) is 0 Å². The number of rotatable bonds is 10. The first-order valence-electron chi connectivity index (χ1n) is 13.3. The Hall–Kier alpha value is -2.65. The summed E-state index contributed by atoms with van der Waals surface area (Å²) in [7, 11) is 1.57. The van der Waals surface area contributed by atoms with Gasteiger partial charge in [-0.25, -0.2) is 0 Å². The molecule has 9 nitrogen and oxygen atoms in total. The summed E-state index contributed by atoms with van der Waals surface area (Å²) in [6.45, 7) is 9.53. The molecular formula is C27H40N4O5. The maximum absolute atomic E-state index is 13.9. The summed E-state index contributed by atoms with van der Waals surface area (Å²) >= 11 is 0. The summed E-state index contributed by atoms with van der Waals surface area (Å²) in [5, 5.41) is 15.8. The van der Waals surface area contributed by atoms with Crippen molar-refractivity contribution in [3.63, 3.8) is 0 Å². The fourth-order valence-corrected chi connectivity index (χ4v) is 6.87. The van der Waals surface area contributed by atoms with Crippen molar-refractivity contribution in [2.24, 2.45) is 11.8 Å². The van der Waals surface area contributed by atoms with E-state index in [9.17, 15) is 19.5 Å². The van der Waals surface area contributed by atoms with Crippen molar-refractivity contribution >= 4 is 29.1 Å². The predicted molar refractivity (Wildman–Crippen MR) is 138 cm³/mol. The van der Waals surface area contributed by atoms with E-state index in [-0.39, 0.29) is 24.3 Å². The first kappa shape index (κ1) is 26.4. The zero-order valence-corrected chi connectivity index (χ0v) is 22.0. The van der Waals surface area contributed by atoms with E-state index in [4.69, 9.17) is 4.74 Å². The Morgan fingerprint density at radius 3 is 2.33 bits per heavy atom. The van der Waals surface area contributed by atoms with Gasteiger partial charge in [0, 0.05) is 31.5 Å². The Labute approximate surface area is 213 Å². The van der Waals surface area contributed by atoms with Gasteiger partial charge in [-0.1, -0.05) is 13.8 Å². The van der Waals surface area contributed by atoms with Crippen molar-refractivity contribution < 1.29 is 24.2 Å². The lowest BCUT2D eigenvalue weighted by Crippen LogP contribution is -2.56. The molecule has 6 atom stereocenters. The van der Waals surface area contributed by atoms with Gasteiger partial charge in [-0.2, -0.15) is 0 Å². The van der Waals surface area contributed by atoms with E-state index in [2.05, 4.69) is 29.4 Å². The standard InChI is InChI=1S/C27H40N4O5/c1-6-18(16-32)31-22(24(34)29-17-10-12-19(13-11-17)30(8-3)9-4)27-15-14-26(7-2,36-27)20(23(33)28-5)21(27)25(31)35/h10-13,18,20-22,32H,6-9,14-16H2,1-5H3,(H,28,33)(H,29,34)/t18-,20-,21-,22?,26+,27?/m0/s1. The molecule has 3 aliphatic heterocycles. The molecule has 3 aliphatic rings. The van der Waals surface area contributed by atoms with Crippen molar-refractivity contribution in [1.82, 2.24) is 10.2 Å². The number of fused-ring (bicyclic) bond motifs is 1. The molecule has 3 N–H and O–H groups in total. The third-order valence-electron chi connectivity index (χ3n) is 8.73. The molecule has 36 heavy (non-hydrogen) atoms. The van der Waals surface area contributed by atoms with E-state index in [1.165, 1.54) is 4.90 Å². The van der Waals surface area contributed by atoms with Crippen LogP contribution in [0.2, 0.25) is 0 Å². The molecule has 2 unspecified atom stereocenters. The van der Waals surface area contributed by atoms with Crippen molar-refractivity contribution in [2.45, 2.75) is 76.7 Å². The minimum atomic E-state index is -1.10. The monoisotopic (exact) mass is 500 g/mol. The first-order valence-corrected chi connectivity index (χ1v) is 13.3. The van der Waals surface area contributed by atoms with Gasteiger partial charge in [-0.3, -0.25) is 14.4 Å². The molecule has 1 aromatic carbocycles. The maximum Gasteiger partial charge on any atom is 0.250 e. The van der Waals surface area contributed by atoms with Gasteiger partial charge in [0.25, 0.3) is 0 Å². The summed E-state index contributed by atoms with van der Waals surface area (Å²) in [5.74, 6) is -2.29. The van der Waals surface area contributed by atoms with Crippen molar-refractivity contribution in [3.8, 4) is 0 Å². The number of ether oxygens (including phenoxy) is 1. The highest BCUT2D eigenvalue weighted by atomic mass is 16.5. The summed E-state index contributed by atoms with van der Waals surface area (Å²) in [4.78, 5) is 44.6. The number of benzene rings is 1. The average Bonchev–Trinajstić information content (AvgIpc) is 3.50. The van der Waals surface area contributed by atoms with Gasteiger partial charge in [0.15, 0.2) is 0 Å². The highest BCUT2D eigenvalue weighted by molar-refractivity contribution is 6.04. The Balaban J connectivity index is 1.71. The number of anilines is 2. The summed E-state index contributed by atoms with van der Waals surface area (Å²) in [6, 6.07) is 6.18. The van der Waals surface area contributed by atoms with Crippen LogP contribution in [0, 0.1) is 11.8 Å². The van der Waals surface area contributed by atoms with Crippen LogP contribution >= 0.6 is 0 Å². The molecule has 0 saturated carbocycles. The number of aliphatic hydroxyl groups is 1. The fraction of sp³-hybridized carbons (Fsp3) is 0.667. The number of carbonyl (C=O) groups excluding carboxylic acids is 3. The highest BCUT2D eigenvalue weighted by Crippen LogP contribution is 2.64. The quantitative estimate of drug-likeness (QED) is 0.454. The van der Waals surface area contributed by atoms with Crippen LogP contribution < -0.4 is 15.5 Å². The summed E-state index contributed by atoms with van der Waals surface area (Å²) in [6.07, 6.45) is 2.19. The van der Waals surface area contributed by atoms with E-state index in [0.717, 1.165) is 18.8 Å². The molecule has 1 spiro atoms. The highest BCUT2D eigenvalue weighted by Gasteiger charge is 2.79. The molecule has 0 aromatic heterocycles. The molecule has 3 heterocycles. The normalized spacial score (nSPS) is 31.3. The summed E-state index contributed by atoms with van der Waals surface area (Å²) < 4.78 is 6.67. The van der Waals surface area contributed by atoms with Crippen LogP contribution in [0.15, 0.2) is 24.3 Å². The Kier molecular flexibility index (Phi) is 7.35. The molecule has 198 valence electrons. The predicted octanol–water partition coefficient (Wildman–Crippen LogP) is 2.14. The van der Waals surface area contributed by atoms with Crippen molar-refractivity contribution in [2.75, 3.05) is 37.0 Å². The van der Waals surface area contributed by atoms with Gasteiger partial charge in [-0.15, -0.1) is 0 Å². The molecule has 1 aromatic rings. The largest absolute Gasteiger partial charge is 0.394 e. The van der Waals surface area contributed by atoms with Crippen LogP contribution in [-0.2, 0) is 19.1 Å². The van der Waals surface area contributed by atoms with Crippen molar-refractivity contribution in [3.05, 3.63) is 24.3 Å². The number of carbonyl (C=O) groups is 3. The van der Waals surface area contributed by atoms with Gasteiger partial charge in [0.2, 0.25) is 17.7 Å². The zero-order chi connectivity index (χ0) is 26.3. The Morgan fingerprint density at radius 1 is 1.14 bits per heavy atom. The molecular weight excluding hydrogens is 460 g/mol. The number of amides is 3. The number of aliphatic hydroxyl groups excluding tert-OH is 1.